The van der Waals surface area contributed by atoms with Crippen LogP contribution in [-0.2, 0) is 12.8 Å². The molecule has 0 aromatic heterocycles. The number of hydrogen-bond donors (Lipinski definition) is 0. The minimum Gasteiger partial charge on any atom is -0.496 e. The van der Waals surface area contributed by atoms with Gasteiger partial charge in [-0.2, -0.15) is 5.10 Å². The number of benzene rings is 2. The van der Waals surface area contributed by atoms with Gasteiger partial charge in [-0.1, -0.05) is 74.8 Å². The van der Waals surface area contributed by atoms with E-state index in [2.05, 4.69) is 56.3 Å². The van der Waals surface area contributed by atoms with Gasteiger partial charge in [0.1, 0.15) is 11.5 Å². The van der Waals surface area contributed by atoms with Gasteiger partial charge in [0.05, 0.1) is 30.5 Å². The molecule has 0 saturated heterocycles. The van der Waals surface area contributed by atoms with E-state index in [4.69, 9.17) is 26.2 Å². The van der Waals surface area contributed by atoms with Gasteiger partial charge >= 0.3 is 0 Å². The molecule has 2 rings (SSSR count). The highest BCUT2D eigenvalue weighted by Gasteiger charge is 2.27. The van der Waals surface area contributed by atoms with Gasteiger partial charge in [-0.05, 0) is 80.5 Å². The summed E-state index contributed by atoms with van der Waals surface area (Å²) in [6.07, 6.45) is 7.66. The van der Waals surface area contributed by atoms with Crippen molar-refractivity contribution in [2.45, 2.75) is 67.7 Å². The molecule has 2 aromatic rings. The second-order valence-electron chi connectivity index (χ2n) is 11.3. The number of rotatable bonds is 16. The van der Waals surface area contributed by atoms with Gasteiger partial charge in [0, 0.05) is 47.0 Å². The molecule has 8 heteroatoms. The van der Waals surface area contributed by atoms with E-state index in [1.165, 1.54) is 0 Å². The molecule has 0 unspecified atom stereocenters. The molecule has 6 nitrogen and oxygen atoms in total. The Labute approximate surface area is 278 Å². The molecule has 0 spiro atoms. The Bertz CT molecular complexity index is 1380. The van der Waals surface area contributed by atoms with Crippen LogP contribution in [0.5, 0.6) is 11.5 Å². The van der Waals surface area contributed by atoms with Crippen LogP contribution in [0.2, 0.25) is 5.02 Å². The Kier molecular flexibility index (Phi) is 15.3. The number of allylic oxidation sites excluding steroid dienone is 3. The number of carbonyl (C=O) groups excluding carboxylic acids is 1. The molecule has 240 valence electrons. The molecular formula is C36H49BrClN3O3. The molecule has 0 N–H and O–H groups in total. The summed E-state index contributed by atoms with van der Waals surface area (Å²) in [5, 5.41) is 7.10. The lowest BCUT2D eigenvalue weighted by molar-refractivity contribution is 0.0759. The fraction of sp³-hybridized carbons (Fsp3) is 0.444. The number of amides is 1. The molecule has 2 aromatic carbocycles. The fourth-order valence-electron chi connectivity index (χ4n) is 5.02. The second kappa shape index (κ2) is 18.1. The lowest BCUT2D eigenvalue weighted by atomic mass is 9.94. The van der Waals surface area contributed by atoms with Gasteiger partial charge in [-0.15, -0.1) is 0 Å². The number of carbonyl (C=O) groups is 1. The first-order valence-corrected chi connectivity index (χ1v) is 16.4. The maximum atomic E-state index is 14.3. The average Bonchev–Trinajstić information content (AvgIpc) is 2.98. The van der Waals surface area contributed by atoms with Gasteiger partial charge in [0.15, 0.2) is 0 Å². The Hall–Kier alpha value is -3.03. The van der Waals surface area contributed by atoms with E-state index in [0.29, 0.717) is 48.2 Å². The number of methoxy groups -OCH3 is 2. The predicted molar refractivity (Wildman–Crippen MR) is 189 cm³/mol. The molecule has 44 heavy (non-hydrogen) atoms. The van der Waals surface area contributed by atoms with Crippen LogP contribution in [0.1, 0.15) is 76.4 Å². The van der Waals surface area contributed by atoms with Gasteiger partial charge in [-0.25, -0.2) is 5.01 Å². The van der Waals surface area contributed by atoms with Crippen LogP contribution in [0.4, 0.5) is 0 Å². The summed E-state index contributed by atoms with van der Waals surface area (Å²) in [6.45, 7) is 19.8. The second-order valence-corrected chi connectivity index (χ2v) is 12.6. The van der Waals surface area contributed by atoms with E-state index in [-0.39, 0.29) is 11.8 Å². The predicted octanol–water partition coefficient (Wildman–Crippen LogP) is 9.72. The molecular weight excluding hydrogens is 638 g/mol. The summed E-state index contributed by atoms with van der Waals surface area (Å²) in [6, 6.07) is 9.59. The van der Waals surface area contributed by atoms with Crippen molar-refractivity contribution >= 4 is 39.7 Å². The molecule has 0 atom stereocenters. The van der Waals surface area contributed by atoms with Gasteiger partial charge in [0.2, 0.25) is 0 Å². The third-order valence-electron chi connectivity index (χ3n) is 7.41. The maximum Gasteiger partial charge on any atom is 0.255 e. The Balaban J connectivity index is 2.84. The van der Waals surface area contributed by atoms with Gasteiger partial charge in [-0.3, -0.25) is 4.79 Å². The summed E-state index contributed by atoms with van der Waals surface area (Å²) in [4.78, 5) is 16.3. The summed E-state index contributed by atoms with van der Waals surface area (Å²) in [5.41, 5.74) is 5.03. The molecule has 0 aliphatic rings. The van der Waals surface area contributed by atoms with Crippen molar-refractivity contribution in [3.8, 4) is 11.5 Å². The first kappa shape index (κ1) is 37.2. The zero-order valence-electron chi connectivity index (χ0n) is 27.8. The molecule has 0 aliphatic carbocycles. The van der Waals surface area contributed by atoms with Crippen LogP contribution in [0, 0.1) is 11.8 Å². The quantitative estimate of drug-likeness (QED) is 0.100. The topological polar surface area (TPSA) is 54.4 Å². The van der Waals surface area contributed by atoms with Crippen molar-refractivity contribution < 1.29 is 14.3 Å². The number of halogens is 2. The molecule has 0 bridgehead atoms. The van der Waals surface area contributed by atoms with E-state index in [1.807, 2.05) is 61.0 Å². The monoisotopic (exact) mass is 685 g/mol. The van der Waals surface area contributed by atoms with E-state index < -0.39 is 0 Å². The smallest absolute Gasteiger partial charge is 0.255 e. The zero-order valence-corrected chi connectivity index (χ0v) is 30.2. The number of hydrazone groups is 1. The van der Waals surface area contributed by atoms with E-state index in [0.717, 1.165) is 44.7 Å². The largest absolute Gasteiger partial charge is 0.496 e. The summed E-state index contributed by atoms with van der Waals surface area (Å²) in [7, 11) is 3.30. The minimum atomic E-state index is -0.108. The molecule has 0 saturated carbocycles. The molecule has 0 fully saturated rings. The number of nitrogens with zero attached hydrogens (tertiary/aromatic N) is 3. The van der Waals surface area contributed by atoms with Crippen LogP contribution in [0.3, 0.4) is 0 Å². The van der Waals surface area contributed by atoms with Crippen LogP contribution < -0.4 is 9.47 Å². The van der Waals surface area contributed by atoms with Crippen molar-refractivity contribution in [2.24, 2.45) is 16.9 Å². The highest BCUT2D eigenvalue weighted by atomic mass is 79.9. The van der Waals surface area contributed by atoms with Crippen LogP contribution in [0.25, 0.3) is 0 Å². The maximum absolute atomic E-state index is 14.3. The lowest BCUT2D eigenvalue weighted by Gasteiger charge is -2.32. The highest BCUT2D eigenvalue weighted by molar-refractivity contribution is 9.10. The number of ether oxygens (including phenoxy) is 2. The Morgan fingerprint density at radius 1 is 1.09 bits per heavy atom. The molecule has 0 aliphatic heterocycles. The van der Waals surface area contributed by atoms with Gasteiger partial charge in [0.25, 0.3) is 5.91 Å². The summed E-state index contributed by atoms with van der Waals surface area (Å²) < 4.78 is 12.2. The molecule has 0 radical (unpaired) electrons. The van der Waals surface area contributed by atoms with Crippen molar-refractivity contribution in [3.05, 3.63) is 92.2 Å². The number of hydrogen-bond acceptors (Lipinski definition) is 5. The van der Waals surface area contributed by atoms with Crippen molar-refractivity contribution in [1.82, 2.24) is 9.91 Å². The normalized spacial score (nSPS) is 12.3. The highest BCUT2D eigenvalue weighted by Crippen LogP contribution is 2.34. The first-order chi connectivity index (χ1) is 20.9. The third-order valence-corrected chi connectivity index (χ3v) is 8.34. The Morgan fingerprint density at radius 2 is 1.75 bits per heavy atom. The minimum absolute atomic E-state index is 0.0861. The van der Waals surface area contributed by atoms with E-state index >= 15 is 0 Å². The summed E-state index contributed by atoms with van der Waals surface area (Å²) in [5.74, 6) is 1.85. The average molecular weight is 687 g/mol. The third kappa shape index (κ3) is 9.73. The lowest BCUT2D eigenvalue weighted by Crippen LogP contribution is -2.37. The standard InChI is InChI=1S/C36H49BrClN3O3/c1-11-14-26(8)41(39-13-3)32(22-27-21-28(37)15-17-33(27)43-9)31(25(6)7)23-40(20-19-24(4)5)36(42)30-16-18-34(44-10)29(12-2)35(30)38/h11,13-18,21,24-25H,8,12,19-20,22-23H2,1-7,9-10H3/b14-11-,32-31-,39-13+. The van der Waals surface area contributed by atoms with E-state index in [9.17, 15) is 4.79 Å². The van der Waals surface area contributed by atoms with Crippen molar-refractivity contribution in [3.63, 3.8) is 0 Å². The molecule has 0 heterocycles. The fourth-order valence-corrected chi connectivity index (χ4v) is 5.80. The van der Waals surface area contributed by atoms with Crippen LogP contribution in [0.15, 0.2) is 75.6 Å². The van der Waals surface area contributed by atoms with Gasteiger partial charge < -0.3 is 14.4 Å². The van der Waals surface area contributed by atoms with Crippen molar-refractivity contribution in [1.29, 1.82) is 0 Å². The molecule has 1 amide bonds. The first-order valence-electron chi connectivity index (χ1n) is 15.2. The van der Waals surface area contributed by atoms with Crippen LogP contribution >= 0.6 is 27.5 Å². The van der Waals surface area contributed by atoms with Crippen molar-refractivity contribution in [2.75, 3.05) is 27.3 Å². The van der Waals surface area contributed by atoms with Crippen LogP contribution in [-0.4, -0.2) is 49.3 Å². The SMILES string of the molecule is C=C(/C=C\C)N(/N=C/C)/C(Cc1cc(Br)ccc1OC)=C(/CN(CCC(C)C)C(=O)c1ccc(OC)c(CC)c1Cl)C(C)C. The summed E-state index contributed by atoms with van der Waals surface area (Å²) >= 11 is 10.5. The van der Waals surface area contributed by atoms with E-state index in [1.54, 1.807) is 26.5 Å². The zero-order chi connectivity index (χ0) is 33.0. The Morgan fingerprint density at radius 3 is 2.30 bits per heavy atom.